The third-order valence-electron chi connectivity index (χ3n) is 2.35. The van der Waals surface area contributed by atoms with Crippen molar-refractivity contribution in [2.75, 3.05) is 0 Å². The molecule has 1 aromatic heterocycles. The number of carboxylic acids is 1. The van der Waals surface area contributed by atoms with Crippen molar-refractivity contribution in [3.63, 3.8) is 0 Å². The number of carbonyl (C=O) groups is 1. The second kappa shape index (κ2) is 5.43. The van der Waals surface area contributed by atoms with E-state index in [4.69, 9.17) is 5.11 Å². The average molecular weight is 241 g/mol. The van der Waals surface area contributed by atoms with E-state index >= 15 is 0 Å². The highest BCUT2D eigenvalue weighted by Crippen LogP contribution is 2.24. The van der Waals surface area contributed by atoms with Crippen LogP contribution in [0.5, 0.6) is 0 Å². The van der Waals surface area contributed by atoms with E-state index in [0.717, 1.165) is 30.0 Å². The minimum atomic E-state index is -0.713. The third-order valence-corrected chi connectivity index (χ3v) is 3.26. The number of hydrogen-bond acceptors (Lipinski definition) is 3. The Morgan fingerprint density at radius 2 is 2.12 bits per heavy atom. The molecule has 0 spiro atoms. The number of nitrogens with zero attached hydrogens (tertiary/aromatic N) is 1. The fourth-order valence-electron chi connectivity index (χ4n) is 1.32. The highest BCUT2D eigenvalue weighted by Gasteiger charge is 2.17. The van der Waals surface area contributed by atoms with Gasteiger partial charge in [0.05, 0.1) is 10.7 Å². The van der Waals surface area contributed by atoms with E-state index in [2.05, 4.69) is 31.1 Å². The van der Waals surface area contributed by atoms with Crippen LogP contribution < -0.4 is 0 Å². The maximum absolute atomic E-state index is 10.3. The zero-order valence-corrected chi connectivity index (χ0v) is 10.9. The average Bonchev–Trinajstić information content (AvgIpc) is 2.59. The van der Waals surface area contributed by atoms with Crippen molar-refractivity contribution < 1.29 is 9.90 Å². The Labute approximate surface area is 101 Å². The van der Waals surface area contributed by atoms with Gasteiger partial charge < -0.3 is 5.11 Å². The summed E-state index contributed by atoms with van der Waals surface area (Å²) < 4.78 is 0. The predicted molar refractivity (Wildman–Crippen MR) is 66.0 cm³/mol. The number of rotatable bonds is 5. The van der Waals surface area contributed by atoms with Gasteiger partial charge in [-0.2, -0.15) is 0 Å². The first-order valence-electron chi connectivity index (χ1n) is 5.56. The minimum Gasteiger partial charge on any atom is -0.481 e. The minimum absolute atomic E-state index is 0.107. The molecule has 0 saturated carbocycles. The van der Waals surface area contributed by atoms with Crippen LogP contribution in [0.15, 0.2) is 5.38 Å². The molecule has 0 saturated heterocycles. The largest absolute Gasteiger partial charge is 0.481 e. The van der Waals surface area contributed by atoms with Crippen LogP contribution in [0.3, 0.4) is 0 Å². The molecule has 0 fully saturated rings. The lowest BCUT2D eigenvalue weighted by Gasteiger charge is -2.14. The summed E-state index contributed by atoms with van der Waals surface area (Å²) in [6.07, 6.45) is 2.80. The van der Waals surface area contributed by atoms with Gasteiger partial charge in [-0.05, 0) is 19.3 Å². The van der Waals surface area contributed by atoms with Gasteiger partial charge in [0.25, 0.3) is 0 Å². The van der Waals surface area contributed by atoms with Crippen molar-refractivity contribution in [1.82, 2.24) is 4.98 Å². The molecule has 1 heterocycles. The Hall–Kier alpha value is -0.900. The standard InChI is InChI=1S/C12H19NO2S/c1-12(2,3)9-8-16-10(13-9)6-4-5-7-11(14)15/h8H,4-7H2,1-3H3,(H,14,15). The van der Waals surface area contributed by atoms with Crippen molar-refractivity contribution >= 4 is 17.3 Å². The summed E-state index contributed by atoms with van der Waals surface area (Å²) in [4.78, 5) is 14.9. The molecule has 0 aliphatic rings. The Balaban J connectivity index is 2.38. The Bertz CT molecular complexity index is 352. The lowest BCUT2D eigenvalue weighted by Crippen LogP contribution is -2.11. The molecule has 1 N–H and O–H groups in total. The van der Waals surface area contributed by atoms with E-state index < -0.39 is 5.97 Å². The van der Waals surface area contributed by atoms with Crippen molar-refractivity contribution in [1.29, 1.82) is 0 Å². The zero-order chi connectivity index (χ0) is 12.2. The number of thiazole rings is 1. The van der Waals surface area contributed by atoms with Crippen molar-refractivity contribution in [2.24, 2.45) is 0 Å². The fourth-order valence-corrected chi connectivity index (χ4v) is 2.39. The maximum atomic E-state index is 10.3. The summed E-state index contributed by atoms with van der Waals surface area (Å²) in [6, 6.07) is 0. The number of unbranched alkanes of at least 4 members (excludes halogenated alkanes) is 1. The van der Waals surface area contributed by atoms with Gasteiger partial charge in [0.1, 0.15) is 0 Å². The molecule has 0 radical (unpaired) electrons. The molecule has 0 atom stereocenters. The normalized spacial score (nSPS) is 11.7. The first kappa shape index (κ1) is 13.2. The van der Waals surface area contributed by atoms with Crippen LogP contribution in [0.1, 0.15) is 50.7 Å². The van der Waals surface area contributed by atoms with Crippen LogP contribution in [0.25, 0.3) is 0 Å². The van der Waals surface area contributed by atoms with Gasteiger partial charge in [0, 0.05) is 17.2 Å². The van der Waals surface area contributed by atoms with Crippen LogP contribution in [0.4, 0.5) is 0 Å². The smallest absolute Gasteiger partial charge is 0.303 e. The van der Waals surface area contributed by atoms with E-state index in [0.29, 0.717) is 0 Å². The zero-order valence-electron chi connectivity index (χ0n) is 10.1. The van der Waals surface area contributed by atoms with E-state index in [9.17, 15) is 4.79 Å². The predicted octanol–water partition coefficient (Wildman–Crippen LogP) is 3.24. The van der Waals surface area contributed by atoms with Gasteiger partial charge in [0.15, 0.2) is 0 Å². The summed E-state index contributed by atoms with van der Waals surface area (Å²) in [7, 11) is 0. The van der Waals surface area contributed by atoms with Gasteiger partial charge in [-0.25, -0.2) is 4.98 Å². The van der Waals surface area contributed by atoms with Gasteiger partial charge in [-0.3, -0.25) is 4.79 Å². The van der Waals surface area contributed by atoms with Gasteiger partial charge in [-0.15, -0.1) is 11.3 Å². The second-order valence-corrected chi connectivity index (χ2v) is 5.92. The van der Waals surface area contributed by atoms with Crippen molar-refractivity contribution in [3.8, 4) is 0 Å². The molecule has 1 aromatic rings. The summed E-state index contributed by atoms with van der Waals surface area (Å²) in [5.74, 6) is -0.713. The molecule has 0 amide bonds. The maximum Gasteiger partial charge on any atom is 0.303 e. The topological polar surface area (TPSA) is 50.2 Å². The SMILES string of the molecule is CC(C)(C)c1csc(CCCCC(=O)O)n1. The summed E-state index contributed by atoms with van der Waals surface area (Å²) in [5.41, 5.74) is 1.24. The van der Waals surface area contributed by atoms with Gasteiger partial charge in [-0.1, -0.05) is 20.8 Å². The molecule has 16 heavy (non-hydrogen) atoms. The third kappa shape index (κ3) is 4.31. The Kier molecular flexibility index (Phi) is 4.47. The number of aliphatic carboxylic acids is 1. The lowest BCUT2D eigenvalue weighted by atomic mass is 9.93. The molecular formula is C12H19NO2S. The summed E-state index contributed by atoms with van der Waals surface area (Å²) in [6.45, 7) is 6.45. The van der Waals surface area contributed by atoms with E-state index in [1.165, 1.54) is 0 Å². The molecule has 0 aromatic carbocycles. The summed E-state index contributed by atoms with van der Waals surface area (Å²) in [5, 5.41) is 11.7. The Morgan fingerprint density at radius 3 is 2.62 bits per heavy atom. The van der Waals surface area contributed by atoms with E-state index in [1.807, 2.05) is 0 Å². The first-order valence-corrected chi connectivity index (χ1v) is 6.44. The van der Waals surface area contributed by atoms with Crippen LogP contribution in [-0.4, -0.2) is 16.1 Å². The number of hydrogen-bond donors (Lipinski definition) is 1. The quantitative estimate of drug-likeness (QED) is 0.805. The summed E-state index contributed by atoms with van der Waals surface area (Å²) >= 11 is 1.68. The molecule has 0 unspecified atom stereocenters. The number of carboxylic acid groups (broad SMARTS) is 1. The Morgan fingerprint density at radius 1 is 1.44 bits per heavy atom. The van der Waals surface area contributed by atoms with Gasteiger partial charge in [0.2, 0.25) is 0 Å². The number of aryl methyl sites for hydroxylation is 1. The van der Waals surface area contributed by atoms with Crippen molar-refractivity contribution in [2.45, 2.75) is 51.9 Å². The lowest BCUT2D eigenvalue weighted by molar-refractivity contribution is -0.137. The number of aromatic nitrogens is 1. The molecule has 3 nitrogen and oxygen atoms in total. The molecule has 0 aliphatic carbocycles. The van der Waals surface area contributed by atoms with E-state index in [-0.39, 0.29) is 11.8 Å². The molecule has 90 valence electrons. The molecule has 4 heteroatoms. The van der Waals surface area contributed by atoms with Crippen LogP contribution in [0, 0.1) is 0 Å². The highest BCUT2D eigenvalue weighted by atomic mass is 32.1. The molecule has 0 bridgehead atoms. The van der Waals surface area contributed by atoms with Crippen molar-refractivity contribution in [3.05, 3.63) is 16.1 Å². The molecular weight excluding hydrogens is 222 g/mol. The van der Waals surface area contributed by atoms with Crippen LogP contribution in [0.2, 0.25) is 0 Å². The van der Waals surface area contributed by atoms with Crippen LogP contribution in [-0.2, 0) is 16.6 Å². The highest BCUT2D eigenvalue weighted by molar-refractivity contribution is 7.09. The molecule has 0 aliphatic heterocycles. The second-order valence-electron chi connectivity index (χ2n) is 4.98. The molecule has 1 rings (SSSR count). The monoisotopic (exact) mass is 241 g/mol. The van der Waals surface area contributed by atoms with E-state index in [1.54, 1.807) is 11.3 Å². The van der Waals surface area contributed by atoms with Crippen LogP contribution >= 0.6 is 11.3 Å². The van der Waals surface area contributed by atoms with Gasteiger partial charge >= 0.3 is 5.97 Å². The fraction of sp³-hybridized carbons (Fsp3) is 0.667. The first-order chi connectivity index (χ1) is 7.39.